The Morgan fingerprint density at radius 2 is 1.72 bits per heavy atom. The predicted octanol–water partition coefficient (Wildman–Crippen LogP) is 5.75. The standard InChI is InChI=1S/C29H36N2O4S/c1-4-5-15-25(27(32)19-36-18-22-12-9-16-35-22)30-29(34)26(17-20(2)3)31-28(33)24-14-8-11-21-10-6-7-13-23(21)24/h6-14,16,20,25-26H,4-5,15,17-19H2,1-3H3,(H,30,34)(H,31,33)/t25-,26-/m0/s1. The van der Waals surface area contributed by atoms with Crippen molar-refractivity contribution in [1.29, 1.82) is 0 Å². The van der Waals surface area contributed by atoms with E-state index >= 15 is 0 Å². The largest absolute Gasteiger partial charge is 0.468 e. The third-order valence-corrected chi connectivity index (χ3v) is 6.96. The molecule has 2 atom stereocenters. The maximum atomic E-state index is 13.3. The van der Waals surface area contributed by atoms with Crippen LogP contribution in [-0.4, -0.2) is 35.4 Å². The van der Waals surface area contributed by atoms with Crippen LogP contribution in [-0.2, 0) is 15.3 Å². The zero-order valence-corrected chi connectivity index (χ0v) is 22.1. The summed E-state index contributed by atoms with van der Waals surface area (Å²) in [5.41, 5.74) is 0.530. The van der Waals surface area contributed by atoms with Crippen LogP contribution in [0.3, 0.4) is 0 Å². The number of fused-ring (bicyclic) bond motifs is 1. The summed E-state index contributed by atoms with van der Waals surface area (Å²) in [5.74, 6) is 1.26. The summed E-state index contributed by atoms with van der Waals surface area (Å²) in [7, 11) is 0. The van der Waals surface area contributed by atoms with Crippen molar-refractivity contribution in [2.75, 3.05) is 5.75 Å². The minimum absolute atomic E-state index is 0.0166. The van der Waals surface area contributed by atoms with Crippen LogP contribution in [0.5, 0.6) is 0 Å². The van der Waals surface area contributed by atoms with Crippen LogP contribution in [0.15, 0.2) is 65.3 Å². The Labute approximate surface area is 217 Å². The van der Waals surface area contributed by atoms with Gasteiger partial charge in [0.05, 0.1) is 23.8 Å². The molecule has 0 unspecified atom stereocenters. The highest BCUT2D eigenvalue weighted by atomic mass is 32.2. The second-order valence-electron chi connectivity index (χ2n) is 9.42. The van der Waals surface area contributed by atoms with Gasteiger partial charge in [-0.15, -0.1) is 11.8 Å². The number of furan rings is 1. The number of carbonyl (C=O) groups excluding carboxylic acids is 3. The Morgan fingerprint density at radius 1 is 0.944 bits per heavy atom. The molecule has 2 aromatic carbocycles. The average molecular weight is 509 g/mol. The molecule has 0 aliphatic heterocycles. The average Bonchev–Trinajstić information content (AvgIpc) is 3.38. The summed E-state index contributed by atoms with van der Waals surface area (Å²) >= 11 is 1.47. The van der Waals surface area contributed by atoms with E-state index in [1.165, 1.54) is 11.8 Å². The minimum Gasteiger partial charge on any atom is -0.468 e. The highest BCUT2D eigenvalue weighted by Crippen LogP contribution is 2.19. The van der Waals surface area contributed by atoms with Gasteiger partial charge in [0, 0.05) is 5.56 Å². The molecule has 36 heavy (non-hydrogen) atoms. The summed E-state index contributed by atoms with van der Waals surface area (Å²) in [6.07, 6.45) is 4.42. The van der Waals surface area contributed by atoms with E-state index in [1.54, 1.807) is 12.3 Å². The summed E-state index contributed by atoms with van der Waals surface area (Å²) in [4.78, 5) is 39.6. The number of rotatable bonds is 14. The van der Waals surface area contributed by atoms with Gasteiger partial charge in [0.2, 0.25) is 5.91 Å². The quantitative estimate of drug-likeness (QED) is 0.289. The summed E-state index contributed by atoms with van der Waals surface area (Å²) < 4.78 is 5.33. The Kier molecular flexibility index (Phi) is 10.6. The van der Waals surface area contributed by atoms with Crippen LogP contribution < -0.4 is 10.6 Å². The fraction of sp³-hybridized carbons (Fsp3) is 0.414. The van der Waals surface area contributed by atoms with E-state index in [0.717, 1.165) is 29.4 Å². The predicted molar refractivity (Wildman–Crippen MR) is 146 cm³/mol. The molecule has 1 aromatic heterocycles. The van der Waals surface area contributed by atoms with E-state index in [-0.39, 0.29) is 29.3 Å². The van der Waals surface area contributed by atoms with E-state index in [0.29, 0.717) is 24.2 Å². The smallest absolute Gasteiger partial charge is 0.252 e. The van der Waals surface area contributed by atoms with Gasteiger partial charge in [-0.3, -0.25) is 14.4 Å². The number of ketones is 1. The normalized spacial score (nSPS) is 12.9. The van der Waals surface area contributed by atoms with Gasteiger partial charge in [0.15, 0.2) is 5.78 Å². The zero-order valence-electron chi connectivity index (χ0n) is 21.3. The van der Waals surface area contributed by atoms with Crippen LogP contribution in [0.1, 0.15) is 62.6 Å². The molecule has 2 amide bonds. The van der Waals surface area contributed by atoms with Crippen molar-refractivity contribution in [1.82, 2.24) is 10.6 Å². The molecule has 1 heterocycles. The number of Topliss-reactive ketones (excluding diaryl/α,β-unsaturated/α-hetero) is 1. The first-order chi connectivity index (χ1) is 17.4. The summed E-state index contributed by atoms with van der Waals surface area (Å²) in [5, 5.41) is 7.70. The first-order valence-corrected chi connectivity index (χ1v) is 13.8. The number of hydrogen-bond acceptors (Lipinski definition) is 5. The molecule has 7 heteroatoms. The number of benzene rings is 2. The van der Waals surface area contributed by atoms with E-state index in [1.807, 2.05) is 62.4 Å². The van der Waals surface area contributed by atoms with Gasteiger partial charge >= 0.3 is 0 Å². The van der Waals surface area contributed by atoms with Gasteiger partial charge < -0.3 is 15.1 Å². The molecule has 0 fully saturated rings. The topological polar surface area (TPSA) is 88.4 Å². The summed E-state index contributed by atoms with van der Waals surface area (Å²) in [6.45, 7) is 6.08. The van der Waals surface area contributed by atoms with Crippen molar-refractivity contribution in [3.8, 4) is 0 Å². The number of nitrogens with one attached hydrogen (secondary N) is 2. The number of hydrogen-bond donors (Lipinski definition) is 2. The van der Waals surface area contributed by atoms with Gasteiger partial charge in [-0.05, 0) is 47.7 Å². The Morgan fingerprint density at radius 3 is 2.44 bits per heavy atom. The lowest BCUT2D eigenvalue weighted by molar-refractivity contribution is -0.128. The molecule has 0 saturated carbocycles. The van der Waals surface area contributed by atoms with Crippen molar-refractivity contribution >= 4 is 40.1 Å². The number of thioether (sulfide) groups is 1. The third-order valence-electron chi connectivity index (χ3n) is 5.98. The SMILES string of the molecule is CCCC[C@H](NC(=O)[C@H](CC(C)C)NC(=O)c1cccc2ccccc12)C(=O)CSCc1ccco1. The lowest BCUT2D eigenvalue weighted by Gasteiger charge is -2.24. The molecule has 3 rings (SSSR count). The van der Waals surface area contributed by atoms with Gasteiger partial charge in [0.1, 0.15) is 11.8 Å². The van der Waals surface area contributed by atoms with Gasteiger partial charge in [0.25, 0.3) is 5.91 Å². The highest BCUT2D eigenvalue weighted by molar-refractivity contribution is 7.99. The Bertz CT molecular complexity index is 1140. The molecule has 0 radical (unpaired) electrons. The van der Waals surface area contributed by atoms with E-state index in [9.17, 15) is 14.4 Å². The van der Waals surface area contributed by atoms with Crippen molar-refractivity contribution in [2.45, 2.75) is 64.3 Å². The minimum atomic E-state index is -0.732. The van der Waals surface area contributed by atoms with E-state index < -0.39 is 12.1 Å². The van der Waals surface area contributed by atoms with E-state index in [4.69, 9.17) is 4.42 Å². The van der Waals surface area contributed by atoms with Crippen molar-refractivity contribution in [3.05, 3.63) is 72.2 Å². The zero-order chi connectivity index (χ0) is 25.9. The first-order valence-electron chi connectivity index (χ1n) is 12.6. The van der Waals surface area contributed by atoms with Crippen LogP contribution in [0.4, 0.5) is 0 Å². The second-order valence-corrected chi connectivity index (χ2v) is 10.4. The van der Waals surface area contributed by atoms with Gasteiger partial charge in [-0.25, -0.2) is 0 Å². The second kappa shape index (κ2) is 13.9. The van der Waals surface area contributed by atoms with Crippen LogP contribution >= 0.6 is 11.8 Å². The maximum absolute atomic E-state index is 13.3. The first kappa shape index (κ1) is 27.5. The van der Waals surface area contributed by atoms with Gasteiger partial charge in [-0.1, -0.05) is 70.0 Å². The number of carbonyl (C=O) groups is 3. The fourth-order valence-corrected chi connectivity index (χ4v) is 4.97. The molecule has 0 bridgehead atoms. The molecular weight excluding hydrogens is 472 g/mol. The number of amides is 2. The van der Waals surface area contributed by atoms with Crippen LogP contribution in [0, 0.1) is 5.92 Å². The molecule has 2 N–H and O–H groups in total. The van der Waals surface area contributed by atoms with Crippen molar-refractivity contribution in [3.63, 3.8) is 0 Å². The lowest BCUT2D eigenvalue weighted by atomic mass is 9.99. The Balaban J connectivity index is 1.69. The highest BCUT2D eigenvalue weighted by Gasteiger charge is 2.27. The van der Waals surface area contributed by atoms with Crippen LogP contribution in [0.2, 0.25) is 0 Å². The van der Waals surface area contributed by atoms with Crippen LogP contribution in [0.25, 0.3) is 10.8 Å². The molecule has 0 saturated heterocycles. The number of unbranched alkanes of at least 4 members (excludes halogenated alkanes) is 1. The molecule has 6 nitrogen and oxygen atoms in total. The molecule has 0 aliphatic rings. The maximum Gasteiger partial charge on any atom is 0.252 e. The fourth-order valence-electron chi connectivity index (χ4n) is 4.10. The Hall–Kier alpha value is -3.06. The molecule has 0 spiro atoms. The van der Waals surface area contributed by atoms with Gasteiger partial charge in [-0.2, -0.15) is 0 Å². The van der Waals surface area contributed by atoms with E-state index in [2.05, 4.69) is 17.6 Å². The third kappa shape index (κ3) is 7.98. The molecule has 0 aliphatic carbocycles. The lowest BCUT2D eigenvalue weighted by Crippen LogP contribution is -2.52. The molecular formula is C29H36N2O4S. The van der Waals surface area contributed by atoms with Crippen molar-refractivity contribution < 1.29 is 18.8 Å². The monoisotopic (exact) mass is 508 g/mol. The summed E-state index contributed by atoms with van der Waals surface area (Å²) in [6, 6.07) is 15.6. The molecule has 192 valence electrons. The molecule has 3 aromatic rings. The van der Waals surface area contributed by atoms with Crippen molar-refractivity contribution in [2.24, 2.45) is 5.92 Å².